The van der Waals surface area contributed by atoms with Crippen LogP contribution in [0.15, 0.2) is 78.9 Å². The van der Waals surface area contributed by atoms with Crippen molar-refractivity contribution in [3.63, 3.8) is 0 Å². The maximum atomic E-state index is 12.1. The molecule has 0 aliphatic rings. The zero-order chi connectivity index (χ0) is 21.2. The summed E-state index contributed by atoms with van der Waals surface area (Å²) in [5.74, 6) is 0.350. The SMILES string of the molecule is Cc1ccc(CCC(=O)Oc2ccc(C(=O)OCCOc3ccccc3)cc2)cc1. The van der Waals surface area contributed by atoms with Crippen molar-refractivity contribution in [2.24, 2.45) is 0 Å². The summed E-state index contributed by atoms with van der Waals surface area (Å²) in [5.41, 5.74) is 2.66. The van der Waals surface area contributed by atoms with Gasteiger partial charge in [-0.15, -0.1) is 0 Å². The van der Waals surface area contributed by atoms with Crippen molar-refractivity contribution < 1.29 is 23.8 Å². The van der Waals surface area contributed by atoms with Crippen LogP contribution in [0.4, 0.5) is 0 Å². The van der Waals surface area contributed by atoms with Crippen molar-refractivity contribution in [2.75, 3.05) is 13.2 Å². The Bertz CT molecular complexity index is 947. The minimum Gasteiger partial charge on any atom is -0.490 e. The van der Waals surface area contributed by atoms with Crippen LogP contribution in [0.2, 0.25) is 0 Å². The number of benzene rings is 3. The molecule has 0 aliphatic carbocycles. The smallest absolute Gasteiger partial charge is 0.338 e. The molecule has 0 saturated heterocycles. The number of carbonyl (C=O) groups is 2. The van der Waals surface area contributed by atoms with Crippen molar-refractivity contribution in [3.05, 3.63) is 95.6 Å². The monoisotopic (exact) mass is 404 g/mol. The number of hydrogen-bond acceptors (Lipinski definition) is 5. The minimum atomic E-state index is -0.455. The van der Waals surface area contributed by atoms with Crippen LogP contribution >= 0.6 is 0 Å². The van der Waals surface area contributed by atoms with Crippen molar-refractivity contribution in [3.8, 4) is 11.5 Å². The van der Waals surface area contributed by atoms with Gasteiger partial charge in [-0.05, 0) is 55.3 Å². The van der Waals surface area contributed by atoms with Crippen molar-refractivity contribution in [1.82, 2.24) is 0 Å². The van der Waals surface area contributed by atoms with Gasteiger partial charge in [0.05, 0.1) is 5.56 Å². The molecule has 3 aromatic carbocycles. The Morgan fingerprint density at radius 1 is 0.767 bits per heavy atom. The van der Waals surface area contributed by atoms with E-state index in [-0.39, 0.29) is 25.6 Å². The Balaban J connectivity index is 1.39. The molecule has 0 heterocycles. The van der Waals surface area contributed by atoms with Gasteiger partial charge in [0.1, 0.15) is 24.7 Å². The molecule has 0 fully saturated rings. The van der Waals surface area contributed by atoms with Gasteiger partial charge in [0.15, 0.2) is 0 Å². The molecule has 3 aromatic rings. The van der Waals surface area contributed by atoms with Crippen LogP contribution in [0.1, 0.15) is 27.9 Å². The highest BCUT2D eigenvalue weighted by atomic mass is 16.6. The Morgan fingerprint density at radius 2 is 1.47 bits per heavy atom. The Labute approximate surface area is 176 Å². The zero-order valence-corrected chi connectivity index (χ0v) is 16.9. The molecule has 0 radical (unpaired) electrons. The molecule has 5 nitrogen and oxygen atoms in total. The van der Waals surface area contributed by atoms with Crippen LogP contribution < -0.4 is 9.47 Å². The van der Waals surface area contributed by atoms with E-state index in [9.17, 15) is 9.59 Å². The van der Waals surface area contributed by atoms with E-state index in [1.165, 1.54) is 5.56 Å². The van der Waals surface area contributed by atoms with Crippen molar-refractivity contribution in [2.45, 2.75) is 19.8 Å². The van der Waals surface area contributed by atoms with Crippen molar-refractivity contribution in [1.29, 1.82) is 0 Å². The minimum absolute atomic E-state index is 0.142. The second-order valence-electron chi connectivity index (χ2n) is 6.78. The maximum absolute atomic E-state index is 12.1. The first-order valence-electron chi connectivity index (χ1n) is 9.81. The first kappa shape index (κ1) is 21.1. The summed E-state index contributed by atoms with van der Waals surface area (Å²) in [7, 11) is 0. The highest BCUT2D eigenvalue weighted by molar-refractivity contribution is 5.89. The summed E-state index contributed by atoms with van der Waals surface area (Å²) in [6, 6.07) is 23.7. The highest BCUT2D eigenvalue weighted by Crippen LogP contribution is 2.15. The lowest BCUT2D eigenvalue weighted by Gasteiger charge is -2.08. The lowest BCUT2D eigenvalue weighted by atomic mass is 10.1. The summed E-state index contributed by atoms with van der Waals surface area (Å²) < 4.78 is 16.0. The van der Waals surface area contributed by atoms with Crippen LogP contribution in [0.3, 0.4) is 0 Å². The van der Waals surface area contributed by atoms with Gasteiger partial charge < -0.3 is 14.2 Å². The molecule has 0 N–H and O–H groups in total. The number of esters is 2. The molecule has 5 heteroatoms. The van der Waals surface area contributed by atoms with E-state index >= 15 is 0 Å². The third-order valence-corrected chi connectivity index (χ3v) is 4.39. The average Bonchev–Trinajstić information content (AvgIpc) is 2.77. The van der Waals surface area contributed by atoms with Gasteiger partial charge >= 0.3 is 11.9 Å². The number of para-hydroxylation sites is 1. The first-order chi connectivity index (χ1) is 14.6. The summed E-state index contributed by atoms with van der Waals surface area (Å²) >= 11 is 0. The van der Waals surface area contributed by atoms with Gasteiger partial charge in [-0.1, -0.05) is 48.0 Å². The van der Waals surface area contributed by atoms with Gasteiger partial charge in [-0.2, -0.15) is 0 Å². The quantitative estimate of drug-likeness (QED) is 0.292. The number of ether oxygens (including phenoxy) is 3. The normalized spacial score (nSPS) is 10.3. The summed E-state index contributed by atoms with van der Waals surface area (Å²) in [5, 5.41) is 0. The second-order valence-corrected chi connectivity index (χ2v) is 6.78. The molecule has 0 aliphatic heterocycles. The van der Waals surface area contributed by atoms with Crippen LogP contribution in [0.5, 0.6) is 11.5 Å². The van der Waals surface area contributed by atoms with Gasteiger partial charge in [0.25, 0.3) is 0 Å². The van der Waals surface area contributed by atoms with Crippen LogP contribution in [0.25, 0.3) is 0 Å². The zero-order valence-electron chi connectivity index (χ0n) is 16.9. The van der Waals surface area contributed by atoms with E-state index in [2.05, 4.69) is 0 Å². The van der Waals surface area contributed by atoms with E-state index < -0.39 is 5.97 Å². The number of aryl methyl sites for hydroxylation is 2. The third kappa shape index (κ3) is 6.78. The lowest BCUT2D eigenvalue weighted by Crippen LogP contribution is -2.12. The fourth-order valence-electron chi connectivity index (χ4n) is 2.74. The van der Waals surface area contributed by atoms with Crippen LogP contribution in [0, 0.1) is 6.92 Å². The van der Waals surface area contributed by atoms with Crippen molar-refractivity contribution >= 4 is 11.9 Å². The summed E-state index contributed by atoms with van der Waals surface area (Å²) in [6.07, 6.45) is 0.906. The van der Waals surface area contributed by atoms with Gasteiger partial charge in [-0.25, -0.2) is 4.79 Å². The molecule has 3 rings (SSSR count). The molecular weight excluding hydrogens is 380 g/mol. The molecule has 30 heavy (non-hydrogen) atoms. The summed E-state index contributed by atoms with van der Waals surface area (Å²) in [4.78, 5) is 24.1. The molecule has 0 aromatic heterocycles. The average molecular weight is 404 g/mol. The molecule has 0 atom stereocenters. The highest BCUT2D eigenvalue weighted by Gasteiger charge is 2.10. The molecule has 0 bridgehead atoms. The second kappa shape index (κ2) is 10.8. The summed E-state index contributed by atoms with van der Waals surface area (Å²) in [6.45, 7) is 2.44. The molecule has 0 unspecified atom stereocenters. The third-order valence-electron chi connectivity index (χ3n) is 4.39. The van der Waals surface area contributed by atoms with E-state index in [0.717, 1.165) is 11.3 Å². The number of hydrogen-bond donors (Lipinski definition) is 0. The number of carbonyl (C=O) groups excluding carboxylic acids is 2. The maximum Gasteiger partial charge on any atom is 0.338 e. The fraction of sp³-hybridized carbons (Fsp3) is 0.200. The van der Waals surface area contributed by atoms with Crippen LogP contribution in [-0.4, -0.2) is 25.2 Å². The fourth-order valence-corrected chi connectivity index (χ4v) is 2.74. The van der Waals surface area contributed by atoms with Gasteiger partial charge in [0.2, 0.25) is 0 Å². The van der Waals surface area contributed by atoms with E-state index in [0.29, 0.717) is 17.7 Å². The predicted octanol–water partition coefficient (Wildman–Crippen LogP) is 4.77. The molecule has 0 saturated carbocycles. The van der Waals surface area contributed by atoms with Gasteiger partial charge in [0, 0.05) is 6.42 Å². The molecule has 154 valence electrons. The molecule has 0 spiro atoms. The number of rotatable bonds is 9. The van der Waals surface area contributed by atoms with Crippen LogP contribution in [-0.2, 0) is 16.0 Å². The Hall–Kier alpha value is -3.60. The van der Waals surface area contributed by atoms with E-state index in [1.807, 2.05) is 61.5 Å². The molecular formula is C25H24O5. The Kier molecular flexibility index (Phi) is 7.61. The predicted molar refractivity (Wildman–Crippen MR) is 114 cm³/mol. The first-order valence-corrected chi connectivity index (χ1v) is 9.81. The van der Waals surface area contributed by atoms with E-state index in [4.69, 9.17) is 14.2 Å². The van der Waals surface area contributed by atoms with E-state index in [1.54, 1.807) is 24.3 Å². The largest absolute Gasteiger partial charge is 0.490 e. The van der Waals surface area contributed by atoms with Gasteiger partial charge in [-0.3, -0.25) is 4.79 Å². The Morgan fingerprint density at radius 3 is 2.17 bits per heavy atom. The molecule has 0 amide bonds. The topological polar surface area (TPSA) is 61.8 Å². The standard InChI is InChI=1S/C25H24O5/c1-19-7-9-20(10-8-19)11-16-24(26)30-23-14-12-21(13-15-23)25(27)29-18-17-28-22-5-3-2-4-6-22/h2-10,12-15H,11,16-18H2,1H3. The lowest BCUT2D eigenvalue weighted by molar-refractivity contribution is -0.134.